The molecule has 2 aromatic heterocycles. The van der Waals surface area contributed by atoms with E-state index < -0.39 is 5.76 Å². The minimum Gasteiger partial charge on any atom is -0.394 e. The van der Waals surface area contributed by atoms with Crippen LogP contribution in [0, 0.1) is 0 Å². The minimum absolute atomic E-state index is 0.366. The number of rotatable bonds is 0. The summed E-state index contributed by atoms with van der Waals surface area (Å²) in [5, 5.41) is 2.39. The number of nitrogens with zero attached hydrogens (tertiary/aromatic N) is 1. The zero-order valence-electron chi connectivity index (χ0n) is 5.00. The molecule has 0 aliphatic heterocycles. The van der Waals surface area contributed by atoms with Gasteiger partial charge in [0.2, 0.25) is 5.71 Å². The van der Waals surface area contributed by atoms with Crippen molar-refractivity contribution >= 4 is 11.4 Å². The van der Waals surface area contributed by atoms with Crippen LogP contribution >= 0.6 is 0 Å². The number of aromatic nitrogens is 2. The largest absolute Gasteiger partial charge is 0.433 e. The highest BCUT2D eigenvalue weighted by Gasteiger charge is 2.02. The third-order valence-electron chi connectivity index (χ3n) is 1.27. The maximum atomic E-state index is 10.5. The van der Waals surface area contributed by atoms with Gasteiger partial charge in [-0.3, -0.25) is 0 Å². The molecule has 0 fully saturated rings. The van der Waals surface area contributed by atoms with Gasteiger partial charge in [-0.25, -0.2) is 14.4 Å². The van der Waals surface area contributed by atoms with Crippen LogP contribution in [0.4, 0.5) is 5.69 Å². The normalized spacial score (nSPS) is 10.8. The second kappa shape index (κ2) is 1.44. The Kier molecular flexibility index (Phi) is 0.743. The predicted octanol–water partition coefficient (Wildman–Crippen LogP) is -0.197. The summed E-state index contributed by atoms with van der Waals surface area (Å²) in [6.45, 7) is 0. The van der Waals surface area contributed by atoms with Crippen molar-refractivity contribution in [2.45, 2.75) is 0 Å². The highest BCUT2D eigenvalue weighted by Crippen LogP contribution is 2.09. The number of nitrogen functional groups attached to an aromatic ring is 1. The molecule has 2 rings (SSSR count). The average Bonchev–Trinajstić information content (AvgIpc) is 2.35. The van der Waals surface area contributed by atoms with Crippen LogP contribution in [0.2, 0.25) is 0 Å². The molecule has 0 atom stereocenters. The Morgan fingerprint density at radius 1 is 1.70 bits per heavy atom. The van der Waals surface area contributed by atoms with Crippen molar-refractivity contribution in [3.8, 4) is 0 Å². The topological polar surface area (TPSA) is 76.4 Å². The highest BCUT2D eigenvalue weighted by atomic mass is 16.4. The number of aromatic amines is 1. The summed E-state index contributed by atoms with van der Waals surface area (Å²) in [5.74, 6) is -0.498. The summed E-state index contributed by atoms with van der Waals surface area (Å²) in [7, 11) is 0. The van der Waals surface area contributed by atoms with Crippen molar-refractivity contribution in [3.05, 3.63) is 22.8 Å². The first-order chi connectivity index (χ1) is 4.77. The number of H-pyrrole nitrogens is 1. The molecular formula is C5H5N3O2. The molecule has 3 N–H and O–H groups in total. The first-order valence-corrected chi connectivity index (χ1v) is 2.73. The molecule has 0 saturated carbocycles. The molecule has 0 aliphatic carbocycles. The zero-order valence-corrected chi connectivity index (χ0v) is 5.00. The van der Waals surface area contributed by atoms with E-state index in [0.717, 1.165) is 0 Å². The third kappa shape index (κ3) is 0.485. The Morgan fingerprint density at radius 2 is 2.50 bits per heavy atom. The van der Waals surface area contributed by atoms with E-state index in [0.29, 0.717) is 11.4 Å². The Morgan fingerprint density at radius 3 is 3.20 bits per heavy atom. The van der Waals surface area contributed by atoms with Crippen LogP contribution in [0.5, 0.6) is 0 Å². The van der Waals surface area contributed by atoms with E-state index in [1.54, 1.807) is 12.3 Å². The highest BCUT2D eigenvalue weighted by molar-refractivity contribution is 5.61. The molecular weight excluding hydrogens is 134 g/mol. The van der Waals surface area contributed by atoms with Crippen molar-refractivity contribution in [1.82, 2.24) is 9.61 Å². The number of nitrogens with one attached hydrogen (secondary N) is 1. The summed E-state index contributed by atoms with van der Waals surface area (Å²) in [5.41, 5.74) is 6.24. The lowest BCUT2D eigenvalue weighted by atomic mass is 10.6. The van der Waals surface area contributed by atoms with E-state index in [1.807, 2.05) is 0 Å². The van der Waals surface area contributed by atoms with Crippen molar-refractivity contribution in [2.75, 3.05) is 5.73 Å². The number of anilines is 1. The van der Waals surface area contributed by atoms with Crippen LogP contribution in [-0.4, -0.2) is 9.61 Å². The van der Waals surface area contributed by atoms with Crippen LogP contribution in [0.25, 0.3) is 5.71 Å². The molecule has 2 heterocycles. The minimum atomic E-state index is -0.498. The van der Waals surface area contributed by atoms with Crippen LogP contribution in [-0.2, 0) is 0 Å². The SMILES string of the molecule is Nc1ccn2[nH]c(=O)oc12. The molecule has 0 radical (unpaired) electrons. The molecule has 10 heavy (non-hydrogen) atoms. The van der Waals surface area contributed by atoms with Crippen LogP contribution in [0.1, 0.15) is 0 Å². The van der Waals surface area contributed by atoms with E-state index >= 15 is 0 Å². The molecule has 0 saturated heterocycles. The van der Waals surface area contributed by atoms with Gasteiger partial charge in [-0.05, 0) is 6.07 Å². The molecule has 0 bridgehead atoms. The molecule has 0 aliphatic rings. The van der Waals surface area contributed by atoms with Crippen molar-refractivity contribution < 1.29 is 4.42 Å². The van der Waals surface area contributed by atoms with E-state index in [9.17, 15) is 4.79 Å². The molecule has 0 spiro atoms. The van der Waals surface area contributed by atoms with Crippen LogP contribution < -0.4 is 11.5 Å². The average molecular weight is 139 g/mol. The summed E-state index contributed by atoms with van der Waals surface area (Å²) < 4.78 is 6.09. The van der Waals surface area contributed by atoms with Gasteiger partial charge < -0.3 is 10.2 Å². The summed E-state index contributed by atoms with van der Waals surface area (Å²) in [4.78, 5) is 10.5. The Balaban J connectivity index is 3.03. The van der Waals surface area contributed by atoms with Gasteiger partial charge in [0.25, 0.3) is 0 Å². The van der Waals surface area contributed by atoms with Gasteiger partial charge in [-0.15, -0.1) is 0 Å². The Bertz CT molecular complexity index is 408. The zero-order chi connectivity index (χ0) is 7.14. The van der Waals surface area contributed by atoms with Crippen LogP contribution in [0.3, 0.4) is 0 Å². The number of hydrogen-bond acceptors (Lipinski definition) is 3. The van der Waals surface area contributed by atoms with Gasteiger partial charge in [0, 0.05) is 6.20 Å². The Labute approximate surface area is 55.0 Å². The van der Waals surface area contributed by atoms with E-state index in [2.05, 4.69) is 9.52 Å². The molecule has 2 aromatic rings. The lowest BCUT2D eigenvalue weighted by Gasteiger charge is -1.77. The van der Waals surface area contributed by atoms with Gasteiger partial charge in [-0.1, -0.05) is 0 Å². The van der Waals surface area contributed by atoms with Crippen molar-refractivity contribution in [2.24, 2.45) is 0 Å². The summed E-state index contributed by atoms with van der Waals surface area (Å²) >= 11 is 0. The maximum absolute atomic E-state index is 10.5. The second-order valence-electron chi connectivity index (χ2n) is 1.95. The van der Waals surface area contributed by atoms with Gasteiger partial charge in [0.1, 0.15) is 0 Å². The molecule has 0 amide bonds. The van der Waals surface area contributed by atoms with Gasteiger partial charge in [0.15, 0.2) is 0 Å². The fourth-order valence-electron chi connectivity index (χ4n) is 0.838. The summed E-state index contributed by atoms with van der Waals surface area (Å²) in [6, 6.07) is 1.65. The molecule has 5 nitrogen and oxygen atoms in total. The lowest BCUT2D eigenvalue weighted by Crippen LogP contribution is -1.97. The van der Waals surface area contributed by atoms with E-state index in [1.165, 1.54) is 4.52 Å². The van der Waals surface area contributed by atoms with Crippen molar-refractivity contribution in [3.63, 3.8) is 0 Å². The third-order valence-corrected chi connectivity index (χ3v) is 1.27. The fraction of sp³-hybridized carbons (Fsp3) is 0. The molecule has 52 valence electrons. The maximum Gasteiger partial charge on any atom is 0.433 e. The molecule has 0 unspecified atom stereocenters. The first kappa shape index (κ1) is 5.16. The number of nitrogens with two attached hydrogens (primary N) is 1. The molecule has 5 heteroatoms. The van der Waals surface area contributed by atoms with E-state index in [-0.39, 0.29) is 0 Å². The van der Waals surface area contributed by atoms with Crippen LogP contribution in [0.15, 0.2) is 21.5 Å². The fourth-order valence-corrected chi connectivity index (χ4v) is 0.838. The standard InChI is InChI=1S/C5H5N3O2/c6-3-1-2-8-4(3)10-5(9)7-8/h1-2H,6H2,(H,7,9). The second-order valence-corrected chi connectivity index (χ2v) is 1.95. The number of hydrogen-bond donors (Lipinski definition) is 2. The summed E-state index contributed by atoms with van der Waals surface area (Å²) in [6.07, 6.45) is 1.62. The molecule has 0 aromatic carbocycles. The van der Waals surface area contributed by atoms with Crippen molar-refractivity contribution in [1.29, 1.82) is 0 Å². The van der Waals surface area contributed by atoms with Gasteiger partial charge >= 0.3 is 5.76 Å². The monoisotopic (exact) mass is 139 g/mol. The lowest BCUT2D eigenvalue weighted by molar-refractivity contribution is 0.556. The Hall–Kier alpha value is -1.65. The smallest absolute Gasteiger partial charge is 0.394 e. The van der Waals surface area contributed by atoms with Gasteiger partial charge in [0.05, 0.1) is 5.69 Å². The first-order valence-electron chi connectivity index (χ1n) is 2.73. The predicted molar refractivity (Wildman–Crippen MR) is 34.7 cm³/mol. The quantitative estimate of drug-likeness (QED) is 0.530. The number of fused-ring (bicyclic) bond motifs is 1. The van der Waals surface area contributed by atoms with Gasteiger partial charge in [-0.2, -0.15) is 0 Å². The van der Waals surface area contributed by atoms with E-state index in [4.69, 9.17) is 5.73 Å².